The van der Waals surface area contributed by atoms with E-state index in [1.165, 1.54) is 5.20 Å². The maximum Gasteiger partial charge on any atom is 0.261 e. The molecule has 1 amide bonds. The highest BCUT2D eigenvalue weighted by Crippen LogP contribution is 2.50. The van der Waals surface area contributed by atoms with Crippen molar-refractivity contribution < 1.29 is 9.53 Å². The highest BCUT2D eigenvalue weighted by Gasteiger charge is 2.53. The Hall–Kier alpha value is -0.913. The van der Waals surface area contributed by atoms with E-state index in [-0.39, 0.29) is 12.0 Å². The van der Waals surface area contributed by atoms with Crippen LogP contribution in [-0.2, 0) is 15.1 Å². The quantitative estimate of drug-likeness (QED) is 0.757. The second-order valence-corrected chi connectivity index (χ2v) is 12.9. The maximum absolute atomic E-state index is 12.7. The lowest BCUT2D eigenvalue weighted by Gasteiger charge is -2.39. The van der Waals surface area contributed by atoms with Crippen LogP contribution in [0.4, 0.5) is 5.69 Å². The molecule has 0 unspecified atom stereocenters. The molecule has 1 aromatic carbocycles. The van der Waals surface area contributed by atoms with Gasteiger partial charge in [-0.3, -0.25) is 4.79 Å². The predicted octanol–water partition coefficient (Wildman–Crippen LogP) is 4.21. The molecule has 0 saturated carbocycles. The average Bonchev–Trinajstić information content (AvgIpc) is 2.61. The minimum Gasteiger partial charge on any atom is -0.353 e. The van der Waals surface area contributed by atoms with Gasteiger partial charge in [0.05, 0.1) is 14.2 Å². The summed E-state index contributed by atoms with van der Waals surface area (Å²) in [4.78, 5) is 12.7. The summed E-state index contributed by atoms with van der Waals surface area (Å²) in [6.45, 7) is 8.97. The topological polar surface area (TPSA) is 38.3 Å². The number of rotatable bonds is 1. The number of fused-ring (bicyclic) bond motifs is 2. The third-order valence-corrected chi connectivity index (χ3v) is 7.19. The molecule has 0 radical (unpaired) electrons. The molecule has 0 bridgehead atoms. The molecule has 0 aromatic heterocycles. The van der Waals surface area contributed by atoms with Crippen LogP contribution in [0.15, 0.2) is 33.9 Å². The van der Waals surface area contributed by atoms with Crippen molar-refractivity contribution in [1.82, 2.24) is 0 Å². The van der Waals surface area contributed by atoms with E-state index in [0.29, 0.717) is 6.42 Å². The molecule has 1 aromatic rings. The predicted molar refractivity (Wildman–Crippen MR) is 91.0 cm³/mol. The smallest absolute Gasteiger partial charge is 0.261 e. The van der Waals surface area contributed by atoms with Crippen LogP contribution < -0.4 is 5.32 Å². The number of carbonyl (C=O) groups is 1. The van der Waals surface area contributed by atoms with Crippen molar-refractivity contribution >= 4 is 35.6 Å². The van der Waals surface area contributed by atoms with E-state index in [0.717, 1.165) is 15.7 Å². The molecular formula is C16H20BrNO2Si. The zero-order chi connectivity index (χ0) is 15.4. The fourth-order valence-electron chi connectivity index (χ4n) is 3.18. The van der Waals surface area contributed by atoms with E-state index in [1.807, 2.05) is 25.1 Å². The number of benzene rings is 1. The lowest BCUT2D eigenvalue weighted by atomic mass is 9.89. The minimum absolute atomic E-state index is 0.0416. The van der Waals surface area contributed by atoms with Crippen molar-refractivity contribution in [2.24, 2.45) is 0 Å². The van der Waals surface area contributed by atoms with Crippen molar-refractivity contribution in [3.05, 3.63) is 39.5 Å². The van der Waals surface area contributed by atoms with Gasteiger partial charge in [0.25, 0.3) is 5.91 Å². The second-order valence-electron chi connectivity index (χ2n) is 6.89. The summed E-state index contributed by atoms with van der Waals surface area (Å²) < 4.78 is 7.12. The standard InChI is InChI=1S/C16H20BrNO2Si/c1-10-8-11(21(2,3)4)9-16(20-10)14-12(17)6-5-7-13(14)18-15(16)19/h5-8,10H,9H2,1-4H3,(H,18,19)/t10-,16-/m1/s1. The number of halogens is 1. The van der Waals surface area contributed by atoms with Crippen LogP contribution in [0.2, 0.25) is 19.6 Å². The Kier molecular flexibility index (Phi) is 3.42. The Morgan fingerprint density at radius 2 is 2.10 bits per heavy atom. The molecule has 112 valence electrons. The van der Waals surface area contributed by atoms with Crippen molar-refractivity contribution in [2.75, 3.05) is 5.32 Å². The Morgan fingerprint density at radius 1 is 1.38 bits per heavy atom. The molecule has 21 heavy (non-hydrogen) atoms. The first-order valence-electron chi connectivity index (χ1n) is 7.23. The monoisotopic (exact) mass is 365 g/mol. The average molecular weight is 366 g/mol. The summed E-state index contributed by atoms with van der Waals surface area (Å²) >= 11 is 3.60. The second kappa shape index (κ2) is 4.79. The largest absolute Gasteiger partial charge is 0.353 e. The number of anilines is 1. The molecule has 2 heterocycles. The number of ether oxygens (including phenoxy) is 1. The Balaban J connectivity index is 2.15. The fraction of sp³-hybridized carbons (Fsp3) is 0.438. The van der Waals surface area contributed by atoms with Crippen molar-refractivity contribution in [1.29, 1.82) is 0 Å². The van der Waals surface area contributed by atoms with Crippen LogP contribution in [0, 0.1) is 0 Å². The van der Waals surface area contributed by atoms with Gasteiger partial charge in [-0.05, 0) is 19.1 Å². The van der Waals surface area contributed by atoms with Gasteiger partial charge in [0.15, 0.2) is 5.60 Å². The third-order valence-electron chi connectivity index (χ3n) is 4.26. The van der Waals surface area contributed by atoms with Gasteiger partial charge < -0.3 is 10.1 Å². The van der Waals surface area contributed by atoms with Gasteiger partial charge in [-0.2, -0.15) is 0 Å². The molecular weight excluding hydrogens is 346 g/mol. The van der Waals surface area contributed by atoms with Crippen LogP contribution in [0.3, 0.4) is 0 Å². The van der Waals surface area contributed by atoms with Crippen LogP contribution in [0.1, 0.15) is 18.9 Å². The van der Waals surface area contributed by atoms with E-state index in [4.69, 9.17) is 4.74 Å². The molecule has 2 aliphatic heterocycles. The first kappa shape index (κ1) is 15.0. The number of amides is 1. The van der Waals surface area contributed by atoms with E-state index in [9.17, 15) is 4.79 Å². The van der Waals surface area contributed by atoms with Gasteiger partial charge >= 0.3 is 0 Å². The first-order chi connectivity index (χ1) is 9.74. The SMILES string of the molecule is C[C@@H]1C=C([Si](C)(C)C)C[C@]2(O1)C(=O)Nc1cccc(Br)c12. The van der Waals surface area contributed by atoms with Gasteiger partial charge in [-0.15, -0.1) is 0 Å². The lowest BCUT2D eigenvalue weighted by molar-refractivity contribution is -0.147. The Bertz CT molecular complexity index is 650. The summed E-state index contributed by atoms with van der Waals surface area (Å²) in [5.41, 5.74) is 0.934. The molecule has 1 spiro atoms. The Morgan fingerprint density at radius 3 is 2.76 bits per heavy atom. The van der Waals surface area contributed by atoms with E-state index in [1.54, 1.807) is 0 Å². The Labute approximate surface area is 134 Å². The zero-order valence-electron chi connectivity index (χ0n) is 12.8. The fourth-order valence-corrected chi connectivity index (χ4v) is 5.38. The van der Waals surface area contributed by atoms with Gasteiger partial charge in [-0.1, -0.05) is 52.9 Å². The molecule has 0 aliphatic carbocycles. The normalized spacial score (nSPS) is 28.3. The molecule has 2 aliphatic rings. The van der Waals surface area contributed by atoms with Crippen molar-refractivity contribution in [3.8, 4) is 0 Å². The van der Waals surface area contributed by atoms with Crippen molar-refractivity contribution in [2.45, 2.75) is 44.7 Å². The van der Waals surface area contributed by atoms with Crippen LogP contribution in [0.5, 0.6) is 0 Å². The first-order valence-corrected chi connectivity index (χ1v) is 11.5. The van der Waals surface area contributed by atoms with Gasteiger partial charge in [0.1, 0.15) is 0 Å². The number of hydrogen-bond donors (Lipinski definition) is 1. The minimum atomic E-state index is -1.47. The number of carbonyl (C=O) groups excluding carboxylic acids is 1. The van der Waals surface area contributed by atoms with Crippen molar-refractivity contribution in [3.63, 3.8) is 0 Å². The summed E-state index contributed by atoms with van der Waals surface area (Å²) in [5.74, 6) is -0.0416. The third kappa shape index (κ3) is 2.31. The molecule has 1 N–H and O–H groups in total. The van der Waals surface area contributed by atoms with Gasteiger partial charge in [-0.25, -0.2) is 0 Å². The highest BCUT2D eigenvalue weighted by atomic mass is 79.9. The number of hydrogen-bond acceptors (Lipinski definition) is 2. The molecule has 3 nitrogen and oxygen atoms in total. The molecule has 3 rings (SSSR count). The lowest BCUT2D eigenvalue weighted by Crippen LogP contribution is -2.46. The maximum atomic E-state index is 12.7. The van der Waals surface area contributed by atoms with Crippen LogP contribution in [-0.4, -0.2) is 20.1 Å². The summed E-state index contributed by atoms with van der Waals surface area (Å²) in [5, 5.41) is 4.39. The summed E-state index contributed by atoms with van der Waals surface area (Å²) in [6.07, 6.45) is 2.82. The zero-order valence-corrected chi connectivity index (χ0v) is 15.4. The van der Waals surface area contributed by atoms with Crippen LogP contribution in [0.25, 0.3) is 0 Å². The molecule has 0 fully saturated rings. The van der Waals surface area contributed by atoms with Crippen LogP contribution >= 0.6 is 15.9 Å². The molecule has 0 saturated heterocycles. The van der Waals surface area contributed by atoms with E-state index < -0.39 is 13.7 Å². The molecule has 5 heteroatoms. The number of nitrogens with one attached hydrogen (secondary N) is 1. The highest BCUT2D eigenvalue weighted by molar-refractivity contribution is 9.10. The summed E-state index contributed by atoms with van der Waals surface area (Å²) in [7, 11) is -1.47. The molecule has 2 atom stereocenters. The van der Waals surface area contributed by atoms with Gasteiger partial charge in [0.2, 0.25) is 0 Å². The van der Waals surface area contributed by atoms with E-state index >= 15 is 0 Å². The van der Waals surface area contributed by atoms with Gasteiger partial charge in [0, 0.05) is 22.1 Å². The summed E-state index contributed by atoms with van der Waals surface area (Å²) in [6, 6.07) is 5.85. The van der Waals surface area contributed by atoms with E-state index in [2.05, 4.69) is 47.0 Å².